The molecule has 0 saturated heterocycles. The third-order valence-electron chi connectivity index (χ3n) is 3.90. The van der Waals surface area contributed by atoms with Crippen molar-refractivity contribution in [3.8, 4) is 11.1 Å². The van der Waals surface area contributed by atoms with E-state index in [1.165, 1.54) is 0 Å². The summed E-state index contributed by atoms with van der Waals surface area (Å²) < 4.78 is 5.29. The highest BCUT2D eigenvalue weighted by Gasteiger charge is 2.16. The van der Waals surface area contributed by atoms with Gasteiger partial charge in [-0.2, -0.15) is 5.10 Å². The molecule has 5 nitrogen and oxygen atoms in total. The van der Waals surface area contributed by atoms with Crippen LogP contribution in [0.3, 0.4) is 0 Å². The quantitative estimate of drug-likeness (QED) is 0.748. The van der Waals surface area contributed by atoms with Crippen LogP contribution in [-0.2, 0) is 4.74 Å². The molecule has 1 atom stereocenters. The summed E-state index contributed by atoms with van der Waals surface area (Å²) in [4.78, 5) is 11.2. The lowest BCUT2D eigenvalue weighted by Gasteiger charge is -2.11. The fourth-order valence-electron chi connectivity index (χ4n) is 2.49. The van der Waals surface area contributed by atoms with E-state index >= 15 is 0 Å². The Kier molecular flexibility index (Phi) is 4.07. The highest BCUT2D eigenvalue weighted by atomic mass is 35.5. The summed E-state index contributed by atoms with van der Waals surface area (Å²) in [5, 5.41) is 16.8. The van der Waals surface area contributed by atoms with Crippen LogP contribution in [0.1, 0.15) is 29.1 Å². The van der Waals surface area contributed by atoms with Gasteiger partial charge in [0.25, 0.3) is 0 Å². The molecule has 1 aromatic heterocycles. The average molecular weight is 331 g/mol. The minimum absolute atomic E-state index is 0.00879. The zero-order valence-corrected chi connectivity index (χ0v) is 13.4. The van der Waals surface area contributed by atoms with Crippen LogP contribution in [0, 0.1) is 0 Å². The summed E-state index contributed by atoms with van der Waals surface area (Å²) in [6, 6.07) is 11.3. The minimum atomic E-state index is -1.08. The van der Waals surface area contributed by atoms with Crippen LogP contribution in [0.4, 0.5) is 0 Å². The molecule has 118 valence electrons. The topological polar surface area (TPSA) is 75.2 Å². The van der Waals surface area contributed by atoms with Crippen LogP contribution in [-0.4, -0.2) is 28.4 Å². The molecule has 3 aromatic rings. The lowest BCUT2D eigenvalue weighted by molar-refractivity contribution is 0.0692. The Hall–Kier alpha value is -2.37. The Morgan fingerprint density at radius 2 is 2.00 bits per heavy atom. The predicted octanol–water partition coefficient (Wildman–Crippen LogP) is 4.29. The summed E-state index contributed by atoms with van der Waals surface area (Å²) in [7, 11) is 1.66. The molecule has 3 rings (SSSR count). The molecule has 0 unspecified atom stereocenters. The number of carboxylic acid groups (broad SMARTS) is 1. The van der Waals surface area contributed by atoms with Gasteiger partial charge in [0.2, 0.25) is 0 Å². The molecule has 2 aromatic carbocycles. The summed E-state index contributed by atoms with van der Waals surface area (Å²) in [6.07, 6.45) is 0.00879. The van der Waals surface area contributed by atoms with Gasteiger partial charge in [-0.1, -0.05) is 35.9 Å². The number of rotatable bonds is 4. The van der Waals surface area contributed by atoms with Gasteiger partial charge in [0.15, 0.2) is 5.69 Å². The summed E-state index contributed by atoms with van der Waals surface area (Å²) >= 11 is 6.34. The monoisotopic (exact) mass is 330 g/mol. The Balaban J connectivity index is 2.10. The van der Waals surface area contributed by atoms with Crippen molar-refractivity contribution in [3.05, 3.63) is 52.7 Å². The number of carbonyl (C=O) groups is 1. The van der Waals surface area contributed by atoms with Gasteiger partial charge >= 0.3 is 5.97 Å². The lowest BCUT2D eigenvalue weighted by Crippen LogP contribution is -1.97. The van der Waals surface area contributed by atoms with Crippen molar-refractivity contribution >= 4 is 28.5 Å². The van der Waals surface area contributed by atoms with E-state index in [1.54, 1.807) is 19.2 Å². The van der Waals surface area contributed by atoms with Gasteiger partial charge in [0, 0.05) is 18.1 Å². The van der Waals surface area contributed by atoms with E-state index in [0.29, 0.717) is 15.9 Å². The van der Waals surface area contributed by atoms with E-state index in [9.17, 15) is 9.90 Å². The number of fused-ring (bicyclic) bond motifs is 1. The number of benzene rings is 2. The van der Waals surface area contributed by atoms with Crippen LogP contribution in [0.2, 0.25) is 5.02 Å². The van der Waals surface area contributed by atoms with Crippen LogP contribution < -0.4 is 0 Å². The summed E-state index contributed by atoms with van der Waals surface area (Å²) in [5.41, 5.74) is 3.31. The Morgan fingerprint density at radius 1 is 1.30 bits per heavy atom. The Labute approximate surface area is 137 Å². The molecule has 0 fully saturated rings. The molecule has 0 aliphatic heterocycles. The number of aromatic amines is 1. The van der Waals surface area contributed by atoms with Gasteiger partial charge in [0.1, 0.15) is 0 Å². The number of nitrogens with one attached hydrogen (secondary N) is 1. The van der Waals surface area contributed by atoms with Crippen molar-refractivity contribution in [2.75, 3.05) is 7.11 Å². The van der Waals surface area contributed by atoms with E-state index in [1.807, 2.05) is 31.2 Å². The first kappa shape index (κ1) is 15.5. The number of ether oxygens (including phenoxy) is 1. The minimum Gasteiger partial charge on any atom is -0.476 e. The molecule has 1 heterocycles. The first-order chi connectivity index (χ1) is 11.0. The van der Waals surface area contributed by atoms with Crippen LogP contribution in [0.5, 0.6) is 0 Å². The molecule has 23 heavy (non-hydrogen) atoms. The van der Waals surface area contributed by atoms with Crippen molar-refractivity contribution in [2.45, 2.75) is 13.0 Å². The first-order valence-corrected chi connectivity index (χ1v) is 7.43. The van der Waals surface area contributed by atoms with Crippen molar-refractivity contribution in [1.82, 2.24) is 10.2 Å². The fraction of sp³-hybridized carbons (Fsp3) is 0.176. The van der Waals surface area contributed by atoms with Gasteiger partial charge in [-0.05, 0) is 30.2 Å². The molecule has 0 bridgehead atoms. The van der Waals surface area contributed by atoms with Gasteiger partial charge in [0.05, 0.1) is 16.6 Å². The molecule has 0 amide bonds. The van der Waals surface area contributed by atoms with Crippen molar-refractivity contribution in [3.63, 3.8) is 0 Å². The normalized spacial score (nSPS) is 12.5. The maximum Gasteiger partial charge on any atom is 0.357 e. The van der Waals surface area contributed by atoms with E-state index in [4.69, 9.17) is 16.3 Å². The number of H-pyrrole nitrogens is 1. The van der Waals surface area contributed by atoms with Gasteiger partial charge in [-0.15, -0.1) is 0 Å². The second-order valence-corrected chi connectivity index (χ2v) is 5.66. The molecule has 6 heteroatoms. The zero-order chi connectivity index (χ0) is 16.6. The average Bonchev–Trinajstić information content (AvgIpc) is 2.96. The number of carboxylic acids is 1. The maximum atomic E-state index is 11.2. The van der Waals surface area contributed by atoms with Crippen molar-refractivity contribution in [1.29, 1.82) is 0 Å². The molecule has 0 spiro atoms. The highest BCUT2D eigenvalue weighted by molar-refractivity contribution is 6.34. The van der Waals surface area contributed by atoms with E-state index in [-0.39, 0.29) is 11.8 Å². The van der Waals surface area contributed by atoms with Crippen LogP contribution in [0.25, 0.3) is 22.0 Å². The SMILES string of the molecule is CO[C@H](C)c1ccc(-c2cc3c(C(=O)O)n[nH]c3cc2Cl)cc1. The highest BCUT2D eigenvalue weighted by Crippen LogP contribution is 2.33. The molecule has 0 radical (unpaired) electrons. The number of methoxy groups -OCH3 is 1. The molecular formula is C17H15ClN2O3. The van der Waals surface area contributed by atoms with Gasteiger partial charge < -0.3 is 9.84 Å². The maximum absolute atomic E-state index is 11.2. The third kappa shape index (κ3) is 2.81. The number of nitrogens with zero attached hydrogens (tertiary/aromatic N) is 1. The number of aromatic carboxylic acids is 1. The van der Waals surface area contributed by atoms with Crippen molar-refractivity contribution < 1.29 is 14.6 Å². The zero-order valence-electron chi connectivity index (χ0n) is 12.6. The van der Waals surface area contributed by atoms with Gasteiger partial charge in [-0.3, -0.25) is 5.10 Å². The van der Waals surface area contributed by atoms with E-state index in [2.05, 4.69) is 10.2 Å². The second-order valence-electron chi connectivity index (χ2n) is 5.25. The van der Waals surface area contributed by atoms with Crippen LogP contribution in [0.15, 0.2) is 36.4 Å². The molecule has 0 aliphatic rings. The van der Waals surface area contributed by atoms with Crippen LogP contribution >= 0.6 is 11.6 Å². The number of halogens is 1. The molecule has 2 N–H and O–H groups in total. The standard InChI is InChI=1S/C17H15ClN2O3/c1-9(23-2)10-3-5-11(6-4-10)12-7-13-15(8-14(12)18)19-20-16(13)17(21)22/h3-9H,1-2H3,(H,19,20)(H,21,22)/t9-/m1/s1. The largest absolute Gasteiger partial charge is 0.476 e. The number of aromatic nitrogens is 2. The Bertz CT molecular complexity index is 871. The summed E-state index contributed by atoms with van der Waals surface area (Å²) in [6.45, 7) is 1.97. The number of hydrogen-bond donors (Lipinski definition) is 2. The van der Waals surface area contributed by atoms with Crippen molar-refractivity contribution in [2.24, 2.45) is 0 Å². The second kappa shape index (κ2) is 6.02. The lowest BCUT2D eigenvalue weighted by atomic mass is 10.0. The predicted molar refractivity (Wildman–Crippen MR) is 88.9 cm³/mol. The molecule has 0 saturated carbocycles. The first-order valence-electron chi connectivity index (χ1n) is 7.05. The van der Waals surface area contributed by atoms with Gasteiger partial charge in [-0.25, -0.2) is 4.79 Å². The molecule has 0 aliphatic carbocycles. The molecular weight excluding hydrogens is 316 g/mol. The summed E-state index contributed by atoms with van der Waals surface area (Å²) in [5.74, 6) is -1.08. The fourth-order valence-corrected chi connectivity index (χ4v) is 2.76. The van der Waals surface area contributed by atoms with E-state index < -0.39 is 5.97 Å². The van der Waals surface area contributed by atoms with E-state index in [0.717, 1.165) is 16.7 Å². The third-order valence-corrected chi connectivity index (χ3v) is 4.21. The smallest absolute Gasteiger partial charge is 0.357 e. The Morgan fingerprint density at radius 3 is 2.61 bits per heavy atom. The number of hydrogen-bond acceptors (Lipinski definition) is 3.